The van der Waals surface area contributed by atoms with E-state index in [0.717, 1.165) is 22.3 Å². The second kappa shape index (κ2) is 10.2. The summed E-state index contributed by atoms with van der Waals surface area (Å²) in [6, 6.07) is 20.4. The van der Waals surface area contributed by atoms with Gasteiger partial charge in [-0.05, 0) is 49.7 Å². The van der Waals surface area contributed by atoms with Crippen LogP contribution in [0.3, 0.4) is 0 Å². The van der Waals surface area contributed by atoms with Gasteiger partial charge in [-0.15, -0.1) is 11.3 Å². The lowest BCUT2D eigenvalue weighted by molar-refractivity contribution is 0.0533. The van der Waals surface area contributed by atoms with Gasteiger partial charge in [-0.25, -0.2) is 9.78 Å². The summed E-state index contributed by atoms with van der Waals surface area (Å²) in [7, 11) is 0. The highest BCUT2D eigenvalue weighted by Gasteiger charge is 2.23. The molecule has 8 heteroatoms. The standard InChI is InChI=1S/C28H25N3O4S/c1-3-34-28(33)26-25(20-7-5-4-6-8-20)23-13-14-24(32)31(27(23)36-26)21-9-11-22(12-10-21)35-18-17-30-16-15-29-19(30)2/h4-16H,3,17-18H2,1-2H3. The highest BCUT2D eigenvalue weighted by atomic mass is 32.1. The number of rotatable bonds is 8. The number of benzene rings is 2. The van der Waals surface area contributed by atoms with Gasteiger partial charge >= 0.3 is 5.97 Å². The summed E-state index contributed by atoms with van der Waals surface area (Å²) in [4.78, 5) is 31.3. The van der Waals surface area contributed by atoms with Crippen molar-refractivity contribution in [2.45, 2.75) is 20.4 Å². The largest absolute Gasteiger partial charge is 0.492 e. The molecule has 0 aliphatic carbocycles. The number of hydrogen-bond acceptors (Lipinski definition) is 6. The lowest BCUT2D eigenvalue weighted by Crippen LogP contribution is -2.16. The molecule has 5 rings (SSSR count). The molecule has 7 nitrogen and oxygen atoms in total. The third kappa shape index (κ3) is 4.55. The number of esters is 1. The molecule has 0 aliphatic rings. The molecular weight excluding hydrogens is 474 g/mol. The maximum absolute atomic E-state index is 13.0. The van der Waals surface area contributed by atoms with Gasteiger partial charge in [-0.3, -0.25) is 9.36 Å². The van der Waals surface area contributed by atoms with E-state index in [4.69, 9.17) is 9.47 Å². The summed E-state index contributed by atoms with van der Waals surface area (Å²) in [6.45, 7) is 5.20. The summed E-state index contributed by atoms with van der Waals surface area (Å²) in [5.41, 5.74) is 2.19. The fraction of sp³-hybridized carbons (Fsp3) is 0.179. The van der Waals surface area contributed by atoms with E-state index < -0.39 is 5.97 Å². The Labute approximate surface area is 212 Å². The first-order valence-electron chi connectivity index (χ1n) is 11.7. The van der Waals surface area contributed by atoms with Crippen molar-refractivity contribution in [1.29, 1.82) is 0 Å². The molecule has 0 saturated carbocycles. The Hall–Kier alpha value is -4.17. The van der Waals surface area contributed by atoms with Crippen LogP contribution in [-0.4, -0.2) is 33.3 Å². The minimum Gasteiger partial charge on any atom is -0.492 e. The van der Waals surface area contributed by atoms with Crippen LogP contribution in [0.2, 0.25) is 0 Å². The first-order chi connectivity index (χ1) is 17.6. The molecule has 0 unspecified atom stereocenters. The van der Waals surface area contributed by atoms with Gasteiger partial charge in [0.2, 0.25) is 0 Å². The second-order valence-electron chi connectivity index (χ2n) is 8.13. The second-order valence-corrected chi connectivity index (χ2v) is 9.13. The highest BCUT2D eigenvalue weighted by molar-refractivity contribution is 7.21. The molecule has 3 heterocycles. The first-order valence-corrected chi connectivity index (χ1v) is 12.5. The van der Waals surface area contributed by atoms with Gasteiger partial charge in [0, 0.05) is 29.4 Å². The van der Waals surface area contributed by atoms with Gasteiger partial charge in [0.1, 0.15) is 27.9 Å². The number of nitrogens with zero attached hydrogens (tertiary/aromatic N) is 3. The number of carbonyl (C=O) groups excluding carboxylic acids is 1. The number of fused-ring (bicyclic) bond motifs is 1. The molecule has 0 amide bonds. The Balaban J connectivity index is 1.51. The average molecular weight is 500 g/mol. The first kappa shape index (κ1) is 23.6. The Bertz CT molecular complexity index is 1570. The molecule has 0 saturated heterocycles. The van der Waals surface area contributed by atoms with Crippen LogP contribution in [-0.2, 0) is 11.3 Å². The van der Waals surface area contributed by atoms with Gasteiger partial charge < -0.3 is 14.0 Å². The monoisotopic (exact) mass is 499 g/mol. The number of thiophene rings is 1. The maximum atomic E-state index is 13.0. The van der Waals surface area contributed by atoms with Crippen molar-refractivity contribution < 1.29 is 14.3 Å². The van der Waals surface area contributed by atoms with E-state index in [1.165, 1.54) is 17.4 Å². The maximum Gasteiger partial charge on any atom is 0.349 e. The normalized spacial score (nSPS) is 11.1. The highest BCUT2D eigenvalue weighted by Crippen LogP contribution is 2.39. The average Bonchev–Trinajstić information content (AvgIpc) is 3.48. The van der Waals surface area contributed by atoms with Crippen LogP contribution in [0, 0.1) is 6.92 Å². The smallest absolute Gasteiger partial charge is 0.349 e. The Morgan fingerprint density at radius 2 is 1.81 bits per heavy atom. The predicted molar refractivity (Wildman–Crippen MR) is 141 cm³/mol. The molecule has 3 aromatic heterocycles. The SMILES string of the molecule is CCOC(=O)c1sc2c(ccc(=O)n2-c2ccc(OCCn3ccnc3C)cc2)c1-c1ccccc1. The van der Waals surface area contributed by atoms with Crippen molar-refractivity contribution in [2.75, 3.05) is 13.2 Å². The van der Waals surface area contributed by atoms with E-state index in [1.54, 1.807) is 23.8 Å². The van der Waals surface area contributed by atoms with Crippen LogP contribution in [0.1, 0.15) is 22.4 Å². The van der Waals surface area contributed by atoms with Crippen molar-refractivity contribution in [2.24, 2.45) is 0 Å². The van der Waals surface area contributed by atoms with Crippen molar-refractivity contribution in [3.63, 3.8) is 0 Å². The van der Waals surface area contributed by atoms with Gasteiger partial charge in [0.05, 0.1) is 18.8 Å². The van der Waals surface area contributed by atoms with E-state index in [0.29, 0.717) is 34.3 Å². The van der Waals surface area contributed by atoms with Crippen LogP contribution in [0.15, 0.2) is 83.9 Å². The van der Waals surface area contributed by atoms with Crippen molar-refractivity contribution in [3.8, 4) is 22.6 Å². The molecular formula is C28H25N3O4S. The number of imidazole rings is 1. The van der Waals surface area contributed by atoms with Crippen molar-refractivity contribution >= 4 is 27.5 Å². The quantitative estimate of drug-likeness (QED) is 0.264. The minimum atomic E-state index is -0.395. The Morgan fingerprint density at radius 3 is 2.50 bits per heavy atom. The number of aryl methyl sites for hydroxylation is 1. The zero-order valence-corrected chi connectivity index (χ0v) is 20.8. The third-order valence-corrected chi connectivity index (χ3v) is 7.06. The molecule has 182 valence electrons. The van der Waals surface area contributed by atoms with E-state index >= 15 is 0 Å². The van der Waals surface area contributed by atoms with Crippen LogP contribution in [0.4, 0.5) is 0 Å². The lowest BCUT2D eigenvalue weighted by Gasteiger charge is -2.11. The molecule has 36 heavy (non-hydrogen) atoms. The third-order valence-electron chi connectivity index (χ3n) is 5.88. The molecule has 2 aromatic carbocycles. The predicted octanol–water partition coefficient (Wildman–Crippen LogP) is 5.48. The van der Waals surface area contributed by atoms with E-state index in [1.807, 2.05) is 72.3 Å². The topological polar surface area (TPSA) is 75.3 Å². The fourth-order valence-corrected chi connectivity index (χ4v) is 5.38. The molecule has 5 aromatic rings. The van der Waals surface area contributed by atoms with E-state index in [2.05, 4.69) is 4.98 Å². The van der Waals surface area contributed by atoms with Crippen LogP contribution >= 0.6 is 11.3 Å². The van der Waals surface area contributed by atoms with E-state index in [-0.39, 0.29) is 12.2 Å². The van der Waals surface area contributed by atoms with Crippen molar-refractivity contribution in [3.05, 3.63) is 100 Å². The molecule has 0 N–H and O–H groups in total. The van der Waals surface area contributed by atoms with Crippen LogP contribution < -0.4 is 10.3 Å². The number of aromatic nitrogens is 3. The molecule has 0 aliphatic heterocycles. The summed E-state index contributed by atoms with van der Waals surface area (Å²) >= 11 is 1.27. The summed E-state index contributed by atoms with van der Waals surface area (Å²) < 4.78 is 14.9. The van der Waals surface area contributed by atoms with Crippen LogP contribution in [0.25, 0.3) is 27.0 Å². The fourth-order valence-electron chi connectivity index (χ4n) is 4.15. The Morgan fingerprint density at radius 1 is 1.03 bits per heavy atom. The van der Waals surface area contributed by atoms with Gasteiger partial charge in [0.25, 0.3) is 5.56 Å². The molecule has 0 fully saturated rings. The number of hydrogen-bond donors (Lipinski definition) is 0. The van der Waals surface area contributed by atoms with Gasteiger partial charge in [-0.1, -0.05) is 30.3 Å². The zero-order chi connectivity index (χ0) is 25.1. The lowest BCUT2D eigenvalue weighted by atomic mass is 10.0. The summed E-state index contributed by atoms with van der Waals surface area (Å²) in [5, 5.41) is 0.824. The zero-order valence-electron chi connectivity index (χ0n) is 20.0. The summed E-state index contributed by atoms with van der Waals surface area (Å²) in [6.07, 6.45) is 3.69. The van der Waals surface area contributed by atoms with E-state index in [9.17, 15) is 9.59 Å². The van der Waals surface area contributed by atoms with Gasteiger partial charge in [0.15, 0.2) is 0 Å². The van der Waals surface area contributed by atoms with Gasteiger partial charge in [-0.2, -0.15) is 0 Å². The Kier molecular flexibility index (Phi) is 6.69. The van der Waals surface area contributed by atoms with Crippen LogP contribution in [0.5, 0.6) is 5.75 Å². The molecule has 0 radical (unpaired) electrons. The number of pyridine rings is 1. The molecule has 0 bridgehead atoms. The number of ether oxygens (including phenoxy) is 2. The molecule has 0 spiro atoms. The minimum absolute atomic E-state index is 0.178. The summed E-state index contributed by atoms with van der Waals surface area (Å²) in [5.74, 6) is 1.25. The number of carbonyl (C=O) groups is 1. The van der Waals surface area contributed by atoms with Crippen molar-refractivity contribution in [1.82, 2.24) is 14.1 Å². The molecule has 0 atom stereocenters.